The van der Waals surface area contributed by atoms with E-state index < -0.39 is 18.5 Å². The molecule has 1 aromatic rings. The van der Waals surface area contributed by atoms with Crippen LogP contribution in [0.3, 0.4) is 0 Å². The maximum atomic E-state index is 13.6. The number of rotatable bonds is 3. The molecule has 3 aliphatic rings. The Kier molecular flexibility index (Phi) is 5.66. The summed E-state index contributed by atoms with van der Waals surface area (Å²) in [5, 5.41) is 2.76. The second-order valence-electron chi connectivity index (χ2n) is 8.18. The minimum atomic E-state index is -2.79. The molecular formula is C20H29F2N5O. The number of hydrogen-bond acceptors (Lipinski definition) is 4. The normalized spacial score (nSPS) is 23.8. The minimum absolute atomic E-state index is 0.150. The number of anilines is 2. The number of nitrogens with one attached hydrogen (secondary N) is 1. The summed E-state index contributed by atoms with van der Waals surface area (Å²) in [6.45, 7) is 3.75. The number of carbonyl (C=O) groups excluding carboxylic acids is 1. The van der Waals surface area contributed by atoms with Gasteiger partial charge in [-0.05, 0) is 25.3 Å². The van der Waals surface area contributed by atoms with Gasteiger partial charge in [0.1, 0.15) is 5.82 Å². The Hall–Kier alpha value is -1.96. The van der Waals surface area contributed by atoms with E-state index in [1.54, 1.807) is 12.3 Å². The zero-order valence-corrected chi connectivity index (χ0v) is 16.2. The van der Waals surface area contributed by atoms with Crippen LogP contribution in [0.1, 0.15) is 38.5 Å². The zero-order chi connectivity index (χ0) is 19.6. The largest absolute Gasteiger partial charge is 0.354 e. The summed E-state index contributed by atoms with van der Waals surface area (Å²) in [5.74, 6) is -1.97. The van der Waals surface area contributed by atoms with Gasteiger partial charge in [-0.1, -0.05) is 12.8 Å². The first-order valence-electron chi connectivity index (χ1n) is 10.4. The van der Waals surface area contributed by atoms with Crippen LogP contribution in [0.5, 0.6) is 0 Å². The van der Waals surface area contributed by atoms with E-state index in [0.717, 1.165) is 38.0 Å². The summed E-state index contributed by atoms with van der Waals surface area (Å²) in [5.41, 5.74) is 0.599. The van der Waals surface area contributed by atoms with Gasteiger partial charge in [0.25, 0.3) is 5.92 Å². The highest BCUT2D eigenvalue weighted by molar-refractivity contribution is 5.89. The third-order valence-electron chi connectivity index (χ3n) is 6.16. The number of aromatic nitrogens is 1. The molecule has 2 aliphatic heterocycles. The van der Waals surface area contributed by atoms with Crippen LogP contribution < -0.4 is 10.2 Å². The number of hydrogen-bond donors (Lipinski definition) is 1. The molecule has 0 atom stereocenters. The number of carbonyl (C=O) groups is 1. The van der Waals surface area contributed by atoms with Crippen molar-refractivity contribution in [2.75, 3.05) is 49.5 Å². The molecule has 0 bridgehead atoms. The van der Waals surface area contributed by atoms with Gasteiger partial charge < -0.3 is 15.1 Å². The van der Waals surface area contributed by atoms with Crippen LogP contribution in [0, 0.1) is 0 Å². The molecule has 0 spiro atoms. The molecule has 154 valence electrons. The molecule has 2 saturated heterocycles. The van der Waals surface area contributed by atoms with Crippen LogP contribution in [0.15, 0.2) is 18.3 Å². The van der Waals surface area contributed by atoms with E-state index in [1.165, 1.54) is 30.6 Å². The van der Waals surface area contributed by atoms with Gasteiger partial charge in [-0.25, -0.2) is 18.6 Å². The van der Waals surface area contributed by atoms with Crippen molar-refractivity contribution in [1.29, 1.82) is 0 Å². The van der Waals surface area contributed by atoms with Crippen LogP contribution in [-0.2, 0) is 0 Å². The van der Waals surface area contributed by atoms with E-state index >= 15 is 0 Å². The topological polar surface area (TPSA) is 51.7 Å². The second-order valence-corrected chi connectivity index (χ2v) is 8.18. The average molecular weight is 393 g/mol. The summed E-state index contributed by atoms with van der Waals surface area (Å²) in [4.78, 5) is 22.8. The fourth-order valence-electron chi connectivity index (χ4n) is 4.60. The number of piperazine rings is 1. The molecule has 1 N–H and O–H groups in total. The predicted molar refractivity (Wildman–Crippen MR) is 105 cm³/mol. The SMILES string of the molecule is O=C(Nc1ccnc(N2CCN(C3CCCC3)CC2)c1)N1CCCC(F)(F)C1. The second kappa shape index (κ2) is 8.19. The molecule has 6 nitrogen and oxygen atoms in total. The first-order valence-corrected chi connectivity index (χ1v) is 10.4. The van der Waals surface area contributed by atoms with Crippen molar-refractivity contribution in [2.24, 2.45) is 0 Å². The minimum Gasteiger partial charge on any atom is -0.354 e. The van der Waals surface area contributed by atoms with Crippen molar-refractivity contribution in [2.45, 2.75) is 50.5 Å². The van der Waals surface area contributed by atoms with Gasteiger partial charge in [0, 0.05) is 63.1 Å². The highest BCUT2D eigenvalue weighted by Gasteiger charge is 2.37. The third-order valence-corrected chi connectivity index (χ3v) is 6.16. The van der Waals surface area contributed by atoms with Crippen LogP contribution in [0.2, 0.25) is 0 Å². The van der Waals surface area contributed by atoms with Gasteiger partial charge in [0.2, 0.25) is 0 Å². The predicted octanol–water partition coefficient (Wildman–Crippen LogP) is 3.41. The fraction of sp³-hybridized carbons (Fsp3) is 0.700. The lowest BCUT2D eigenvalue weighted by Gasteiger charge is -2.38. The Morgan fingerprint density at radius 1 is 1.11 bits per heavy atom. The van der Waals surface area contributed by atoms with Crippen molar-refractivity contribution >= 4 is 17.5 Å². The number of alkyl halides is 2. The molecule has 28 heavy (non-hydrogen) atoms. The highest BCUT2D eigenvalue weighted by Crippen LogP contribution is 2.28. The van der Waals surface area contributed by atoms with Gasteiger partial charge in [-0.15, -0.1) is 0 Å². The number of urea groups is 1. The highest BCUT2D eigenvalue weighted by atomic mass is 19.3. The van der Waals surface area contributed by atoms with Crippen molar-refractivity contribution < 1.29 is 13.6 Å². The number of nitrogens with zero attached hydrogens (tertiary/aromatic N) is 4. The molecule has 0 unspecified atom stereocenters. The van der Waals surface area contributed by atoms with E-state index in [2.05, 4.69) is 20.1 Å². The molecule has 2 amide bonds. The Bertz CT molecular complexity index is 687. The molecule has 3 heterocycles. The van der Waals surface area contributed by atoms with Crippen LogP contribution in [0.4, 0.5) is 25.1 Å². The number of pyridine rings is 1. The van der Waals surface area contributed by atoms with Crippen molar-refractivity contribution in [3.05, 3.63) is 18.3 Å². The molecule has 4 rings (SSSR count). The first-order chi connectivity index (χ1) is 13.5. The van der Waals surface area contributed by atoms with Crippen molar-refractivity contribution in [3.8, 4) is 0 Å². The van der Waals surface area contributed by atoms with Gasteiger partial charge in [0.15, 0.2) is 0 Å². The molecular weight excluding hydrogens is 364 g/mol. The lowest BCUT2D eigenvalue weighted by atomic mass is 10.1. The lowest BCUT2D eigenvalue weighted by Crippen LogP contribution is -2.50. The summed E-state index contributed by atoms with van der Waals surface area (Å²) in [7, 11) is 0. The summed E-state index contributed by atoms with van der Waals surface area (Å²) in [6, 6.07) is 3.81. The Labute approximate surface area is 164 Å². The molecule has 1 aliphatic carbocycles. The standard InChI is InChI=1S/C20H29F2N5O/c21-20(22)7-3-9-27(15-20)19(28)24-16-6-8-23-18(14-16)26-12-10-25(11-13-26)17-4-1-2-5-17/h6,8,14,17H,1-5,7,9-13,15H2,(H,23,24,28). The zero-order valence-electron chi connectivity index (χ0n) is 16.2. The van der Waals surface area contributed by atoms with E-state index in [0.29, 0.717) is 18.7 Å². The maximum Gasteiger partial charge on any atom is 0.322 e. The van der Waals surface area contributed by atoms with E-state index in [4.69, 9.17) is 0 Å². The van der Waals surface area contributed by atoms with Gasteiger partial charge >= 0.3 is 6.03 Å². The molecule has 8 heteroatoms. The molecule has 3 fully saturated rings. The first kappa shape index (κ1) is 19.4. The Balaban J connectivity index is 1.33. The van der Waals surface area contributed by atoms with Gasteiger partial charge in [-0.3, -0.25) is 4.90 Å². The van der Waals surface area contributed by atoms with E-state index in [9.17, 15) is 13.6 Å². The van der Waals surface area contributed by atoms with Crippen LogP contribution in [-0.4, -0.2) is 72.0 Å². The van der Waals surface area contributed by atoms with Gasteiger partial charge in [0.05, 0.1) is 6.54 Å². The average Bonchev–Trinajstić information content (AvgIpc) is 3.22. The monoisotopic (exact) mass is 393 g/mol. The van der Waals surface area contributed by atoms with Crippen LogP contribution >= 0.6 is 0 Å². The summed E-state index contributed by atoms with van der Waals surface area (Å²) in [6.07, 6.45) is 7.16. The van der Waals surface area contributed by atoms with Gasteiger partial charge in [-0.2, -0.15) is 0 Å². The Morgan fingerprint density at radius 3 is 2.57 bits per heavy atom. The number of piperidine rings is 1. The molecule has 0 radical (unpaired) electrons. The van der Waals surface area contributed by atoms with E-state index in [-0.39, 0.29) is 6.42 Å². The maximum absolute atomic E-state index is 13.6. The summed E-state index contributed by atoms with van der Waals surface area (Å²) >= 11 is 0. The van der Waals surface area contributed by atoms with Crippen molar-refractivity contribution in [1.82, 2.24) is 14.8 Å². The molecule has 0 aromatic carbocycles. The van der Waals surface area contributed by atoms with E-state index in [1.807, 2.05) is 6.07 Å². The third kappa shape index (κ3) is 4.54. The van der Waals surface area contributed by atoms with Crippen molar-refractivity contribution in [3.63, 3.8) is 0 Å². The number of likely N-dealkylation sites (tertiary alicyclic amines) is 1. The number of amides is 2. The Morgan fingerprint density at radius 2 is 1.86 bits per heavy atom. The molecule has 1 saturated carbocycles. The summed E-state index contributed by atoms with van der Waals surface area (Å²) < 4.78 is 27.1. The lowest BCUT2D eigenvalue weighted by molar-refractivity contribution is -0.0510. The fourth-order valence-corrected chi connectivity index (χ4v) is 4.60. The van der Waals surface area contributed by atoms with Crippen LogP contribution in [0.25, 0.3) is 0 Å². The smallest absolute Gasteiger partial charge is 0.322 e. The number of halogens is 2. The molecule has 1 aromatic heterocycles. The quantitative estimate of drug-likeness (QED) is 0.855.